The van der Waals surface area contributed by atoms with Crippen molar-refractivity contribution in [3.63, 3.8) is 0 Å². The number of hydrogen-bond donors (Lipinski definition) is 2. The van der Waals surface area contributed by atoms with Crippen LogP contribution in [0.4, 0.5) is 0 Å². The lowest BCUT2D eigenvalue weighted by atomic mass is 9.98. The maximum Gasteiger partial charge on any atom is 0.134 e. The van der Waals surface area contributed by atoms with E-state index in [-0.39, 0.29) is 5.75 Å². The Bertz CT molecular complexity index is 415. The van der Waals surface area contributed by atoms with Crippen LogP contribution in [-0.2, 0) is 6.54 Å². The number of halogens is 1. The molecule has 0 atom stereocenters. The summed E-state index contributed by atoms with van der Waals surface area (Å²) in [5, 5.41) is 13.4. The molecule has 0 bridgehead atoms. The molecule has 1 aromatic carbocycles. The number of phenols is 1. The first-order valence-electron chi connectivity index (χ1n) is 6.92. The van der Waals surface area contributed by atoms with Crippen molar-refractivity contribution >= 4 is 11.6 Å². The minimum atomic E-state index is 0.161. The van der Waals surface area contributed by atoms with Gasteiger partial charge in [-0.1, -0.05) is 17.7 Å². The van der Waals surface area contributed by atoms with Gasteiger partial charge in [0.1, 0.15) is 5.75 Å². The van der Waals surface area contributed by atoms with Crippen molar-refractivity contribution in [2.45, 2.75) is 32.2 Å². The highest BCUT2D eigenvalue weighted by Gasteiger charge is 2.40. The third kappa shape index (κ3) is 2.99. The van der Waals surface area contributed by atoms with Crippen molar-refractivity contribution in [1.29, 1.82) is 0 Å². The molecule has 0 saturated heterocycles. The summed E-state index contributed by atoms with van der Waals surface area (Å²) < 4.78 is 0. The summed E-state index contributed by atoms with van der Waals surface area (Å²) in [5.41, 5.74) is 1.14. The molecule has 0 aliphatic heterocycles. The second-order valence-corrected chi connectivity index (χ2v) is 6.16. The molecule has 0 unspecified atom stereocenters. The van der Waals surface area contributed by atoms with E-state index in [0.29, 0.717) is 5.02 Å². The summed E-state index contributed by atoms with van der Waals surface area (Å²) in [7, 11) is 0. The predicted octanol–water partition coefficient (Wildman–Crippen LogP) is 3.57. The van der Waals surface area contributed by atoms with E-state index in [1.165, 1.54) is 25.7 Å². The molecular formula is C15H20ClNO. The van der Waals surface area contributed by atoms with E-state index in [0.717, 1.165) is 36.4 Å². The van der Waals surface area contributed by atoms with Crippen LogP contribution in [0.15, 0.2) is 18.2 Å². The molecule has 2 aliphatic rings. The summed E-state index contributed by atoms with van der Waals surface area (Å²) in [6, 6.07) is 5.43. The first-order chi connectivity index (χ1) is 8.74. The van der Waals surface area contributed by atoms with Gasteiger partial charge >= 0.3 is 0 Å². The molecule has 1 aromatic rings. The predicted molar refractivity (Wildman–Crippen MR) is 73.8 cm³/mol. The molecule has 0 heterocycles. The third-order valence-corrected chi connectivity index (χ3v) is 4.48. The monoisotopic (exact) mass is 265 g/mol. The van der Waals surface area contributed by atoms with Gasteiger partial charge in [-0.25, -0.2) is 0 Å². The van der Waals surface area contributed by atoms with Gasteiger partial charge in [0.15, 0.2) is 0 Å². The van der Waals surface area contributed by atoms with Crippen molar-refractivity contribution in [1.82, 2.24) is 5.32 Å². The van der Waals surface area contributed by atoms with E-state index in [9.17, 15) is 5.11 Å². The van der Waals surface area contributed by atoms with E-state index in [1.807, 2.05) is 12.1 Å². The fraction of sp³-hybridized carbons (Fsp3) is 0.600. The Hall–Kier alpha value is -0.730. The van der Waals surface area contributed by atoms with Gasteiger partial charge in [-0.15, -0.1) is 0 Å². The molecule has 2 saturated carbocycles. The maximum absolute atomic E-state index is 9.37. The summed E-state index contributed by atoms with van der Waals surface area (Å²) in [4.78, 5) is 0. The number of hydrogen-bond acceptors (Lipinski definition) is 2. The second-order valence-electron chi connectivity index (χ2n) is 5.76. The SMILES string of the molecule is Oc1ccc(CNCC(C2CC2)C2CC2)cc1Cl. The van der Waals surface area contributed by atoms with Crippen molar-refractivity contribution in [3.05, 3.63) is 28.8 Å². The van der Waals surface area contributed by atoms with Crippen LogP contribution >= 0.6 is 11.6 Å². The molecule has 3 rings (SSSR count). The number of nitrogens with one attached hydrogen (secondary N) is 1. The van der Waals surface area contributed by atoms with Crippen LogP contribution in [0.2, 0.25) is 5.02 Å². The van der Waals surface area contributed by atoms with E-state index in [4.69, 9.17) is 11.6 Å². The Morgan fingerprint density at radius 3 is 2.44 bits per heavy atom. The van der Waals surface area contributed by atoms with Crippen LogP contribution in [0, 0.1) is 17.8 Å². The van der Waals surface area contributed by atoms with Gasteiger partial charge in [0, 0.05) is 6.54 Å². The average Bonchev–Trinajstić information content (AvgIpc) is 3.22. The van der Waals surface area contributed by atoms with Gasteiger partial charge in [-0.2, -0.15) is 0 Å². The zero-order valence-electron chi connectivity index (χ0n) is 10.5. The maximum atomic E-state index is 9.37. The summed E-state index contributed by atoms with van der Waals surface area (Å²) in [5.74, 6) is 3.05. The fourth-order valence-corrected chi connectivity index (χ4v) is 3.01. The molecule has 0 aromatic heterocycles. The smallest absolute Gasteiger partial charge is 0.134 e. The molecule has 2 aliphatic carbocycles. The van der Waals surface area contributed by atoms with Gasteiger partial charge in [0.25, 0.3) is 0 Å². The lowest BCUT2D eigenvalue weighted by Gasteiger charge is -2.16. The lowest BCUT2D eigenvalue weighted by Crippen LogP contribution is -2.25. The minimum absolute atomic E-state index is 0.161. The van der Waals surface area contributed by atoms with Gasteiger partial charge in [-0.3, -0.25) is 0 Å². The highest BCUT2D eigenvalue weighted by Crippen LogP contribution is 2.48. The fourth-order valence-electron chi connectivity index (χ4n) is 2.81. The van der Waals surface area contributed by atoms with Crippen molar-refractivity contribution < 1.29 is 5.11 Å². The Balaban J connectivity index is 1.49. The van der Waals surface area contributed by atoms with E-state index in [1.54, 1.807) is 6.07 Å². The molecule has 0 radical (unpaired) electrons. The quantitative estimate of drug-likeness (QED) is 0.824. The first kappa shape index (κ1) is 12.3. The Morgan fingerprint density at radius 2 is 1.89 bits per heavy atom. The largest absolute Gasteiger partial charge is 0.506 e. The molecule has 0 spiro atoms. The van der Waals surface area contributed by atoms with E-state index >= 15 is 0 Å². The van der Waals surface area contributed by atoms with Crippen LogP contribution in [0.3, 0.4) is 0 Å². The van der Waals surface area contributed by atoms with Crippen LogP contribution < -0.4 is 5.32 Å². The normalized spacial score (nSPS) is 19.4. The zero-order chi connectivity index (χ0) is 12.5. The molecule has 2 nitrogen and oxygen atoms in total. The Kier molecular flexibility index (Phi) is 3.49. The van der Waals surface area contributed by atoms with Gasteiger partial charge < -0.3 is 10.4 Å². The number of phenolic OH excluding ortho intramolecular Hbond substituents is 1. The third-order valence-electron chi connectivity index (χ3n) is 4.18. The van der Waals surface area contributed by atoms with Gasteiger partial charge in [0.05, 0.1) is 5.02 Å². The molecule has 98 valence electrons. The molecule has 0 amide bonds. The van der Waals surface area contributed by atoms with Crippen LogP contribution in [0.25, 0.3) is 0 Å². The first-order valence-corrected chi connectivity index (χ1v) is 7.30. The Morgan fingerprint density at radius 1 is 1.22 bits per heavy atom. The summed E-state index contributed by atoms with van der Waals surface area (Å²) in [6.07, 6.45) is 5.75. The summed E-state index contributed by atoms with van der Waals surface area (Å²) >= 11 is 5.90. The summed E-state index contributed by atoms with van der Waals surface area (Å²) in [6.45, 7) is 1.98. The number of benzene rings is 1. The number of aromatic hydroxyl groups is 1. The molecule has 18 heavy (non-hydrogen) atoms. The van der Waals surface area contributed by atoms with Crippen molar-refractivity contribution in [2.75, 3.05) is 6.54 Å². The van der Waals surface area contributed by atoms with Crippen LogP contribution in [0.1, 0.15) is 31.2 Å². The van der Waals surface area contributed by atoms with E-state index in [2.05, 4.69) is 5.32 Å². The zero-order valence-corrected chi connectivity index (χ0v) is 11.3. The van der Waals surface area contributed by atoms with Gasteiger partial charge in [0.2, 0.25) is 0 Å². The highest BCUT2D eigenvalue weighted by atomic mass is 35.5. The molecule has 2 N–H and O–H groups in total. The minimum Gasteiger partial charge on any atom is -0.506 e. The van der Waals surface area contributed by atoms with Crippen molar-refractivity contribution in [2.24, 2.45) is 17.8 Å². The topological polar surface area (TPSA) is 32.3 Å². The number of rotatable bonds is 6. The van der Waals surface area contributed by atoms with Crippen LogP contribution in [-0.4, -0.2) is 11.7 Å². The van der Waals surface area contributed by atoms with E-state index < -0.39 is 0 Å². The molecule has 2 fully saturated rings. The standard InChI is InChI=1S/C15H20ClNO/c16-14-7-10(1-6-15(14)18)8-17-9-13(11-2-3-11)12-4-5-12/h1,6-7,11-13,17-18H,2-5,8-9H2. The molecule has 3 heteroatoms. The molecular weight excluding hydrogens is 246 g/mol. The highest BCUT2D eigenvalue weighted by molar-refractivity contribution is 6.32. The lowest BCUT2D eigenvalue weighted by molar-refractivity contribution is 0.378. The van der Waals surface area contributed by atoms with Gasteiger partial charge in [-0.05, 0) is 67.7 Å². The van der Waals surface area contributed by atoms with Crippen LogP contribution in [0.5, 0.6) is 5.75 Å². The van der Waals surface area contributed by atoms with Crippen molar-refractivity contribution in [3.8, 4) is 5.75 Å². The second kappa shape index (κ2) is 5.10. The Labute approximate surface area is 113 Å². The average molecular weight is 266 g/mol.